The van der Waals surface area contributed by atoms with Crippen LogP contribution in [0, 0.1) is 17.8 Å². The fraction of sp³-hybridized carbons (Fsp3) is 0.533. The molecular formula is C30H42N2O4. The first kappa shape index (κ1) is 28.0. The third kappa shape index (κ3) is 9.48. The second-order valence-corrected chi connectivity index (χ2v) is 9.27. The van der Waals surface area contributed by atoms with Crippen molar-refractivity contribution in [2.75, 3.05) is 47.1 Å². The number of rotatable bonds is 14. The van der Waals surface area contributed by atoms with Gasteiger partial charge in [-0.1, -0.05) is 48.2 Å². The first-order chi connectivity index (χ1) is 17.7. The molecule has 1 fully saturated rings. The van der Waals surface area contributed by atoms with Crippen LogP contribution in [0.4, 0.5) is 0 Å². The summed E-state index contributed by atoms with van der Waals surface area (Å²) in [6, 6.07) is 16.3. The normalized spacial score (nSPS) is 15.2. The van der Waals surface area contributed by atoms with E-state index in [2.05, 4.69) is 28.9 Å². The number of nitrogens with zero attached hydrogens (tertiary/aromatic N) is 1. The molecule has 1 aliphatic heterocycles. The summed E-state index contributed by atoms with van der Waals surface area (Å²) >= 11 is 0. The van der Waals surface area contributed by atoms with Crippen molar-refractivity contribution < 1.29 is 18.9 Å². The molecule has 1 unspecified atom stereocenters. The van der Waals surface area contributed by atoms with Gasteiger partial charge in [0.25, 0.3) is 0 Å². The minimum Gasteiger partial charge on any atom is -0.496 e. The monoisotopic (exact) mass is 494 g/mol. The van der Waals surface area contributed by atoms with Crippen LogP contribution in [0.1, 0.15) is 43.2 Å². The molecule has 0 bridgehead atoms. The molecule has 0 spiro atoms. The van der Waals surface area contributed by atoms with Gasteiger partial charge in [0, 0.05) is 32.2 Å². The fourth-order valence-electron chi connectivity index (χ4n) is 4.55. The van der Waals surface area contributed by atoms with E-state index >= 15 is 0 Å². The minimum absolute atomic E-state index is 0.113. The SMILES string of the molecule is COc1cccc(OC)c1CN1CCC(C(N)CC#CCOCCCCOCc2ccccc2)CC1. The molecule has 36 heavy (non-hydrogen) atoms. The van der Waals surface area contributed by atoms with Gasteiger partial charge in [0.2, 0.25) is 0 Å². The standard InChI is InChI=1S/C30H42N2O4/c1-33-29-14-10-15-30(34-2)27(29)23-32-18-16-26(17-19-32)28(31)13-6-7-20-35-21-8-9-22-36-24-25-11-4-3-5-12-25/h3-5,10-12,14-15,26,28H,8-9,13,16-24,31H2,1-2H3. The van der Waals surface area contributed by atoms with Crippen molar-refractivity contribution in [2.45, 2.75) is 51.3 Å². The van der Waals surface area contributed by atoms with E-state index < -0.39 is 0 Å². The molecule has 3 rings (SSSR count). The van der Waals surface area contributed by atoms with Gasteiger partial charge in [0.1, 0.15) is 18.1 Å². The number of nitrogens with two attached hydrogens (primary N) is 1. The molecule has 2 aromatic rings. The molecule has 0 aromatic heterocycles. The smallest absolute Gasteiger partial charge is 0.127 e. The van der Waals surface area contributed by atoms with Gasteiger partial charge < -0.3 is 24.7 Å². The van der Waals surface area contributed by atoms with E-state index in [0.717, 1.165) is 75.4 Å². The van der Waals surface area contributed by atoms with Gasteiger partial charge in [0.15, 0.2) is 0 Å². The third-order valence-electron chi connectivity index (χ3n) is 6.73. The number of benzene rings is 2. The van der Waals surface area contributed by atoms with E-state index in [1.165, 1.54) is 5.56 Å². The van der Waals surface area contributed by atoms with Gasteiger partial charge in [-0.25, -0.2) is 0 Å². The highest BCUT2D eigenvalue weighted by Crippen LogP contribution is 2.31. The Morgan fingerprint density at radius 1 is 0.889 bits per heavy atom. The topological polar surface area (TPSA) is 66.2 Å². The zero-order chi connectivity index (χ0) is 25.4. The van der Waals surface area contributed by atoms with Crippen molar-refractivity contribution in [3.63, 3.8) is 0 Å². The van der Waals surface area contributed by atoms with E-state index in [9.17, 15) is 0 Å². The molecule has 6 heteroatoms. The lowest BCUT2D eigenvalue weighted by molar-refractivity contribution is 0.103. The molecule has 6 nitrogen and oxygen atoms in total. The van der Waals surface area contributed by atoms with E-state index in [4.69, 9.17) is 24.7 Å². The van der Waals surface area contributed by atoms with Crippen LogP contribution in [0.3, 0.4) is 0 Å². The predicted molar refractivity (Wildman–Crippen MR) is 144 cm³/mol. The van der Waals surface area contributed by atoms with Crippen LogP contribution in [-0.4, -0.2) is 58.1 Å². The van der Waals surface area contributed by atoms with Crippen LogP contribution in [0.2, 0.25) is 0 Å². The number of unbranched alkanes of at least 4 members (excludes halogenated alkanes) is 1. The summed E-state index contributed by atoms with van der Waals surface area (Å²) in [5, 5.41) is 0. The van der Waals surface area contributed by atoms with Crippen molar-refractivity contribution in [1.29, 1.82) is 0 Å². The molecule has 2 aromatic carbocycles. The fourth-order valence-corrected chi connectivity index (χ4v) is 4.55. The number of piperidine rings is 1. The lowest BCUT2D eigenvalue weighted by atomic mass is 9.88. The quantitative estimate of drug-likeness (QED) is 0.305. The Morgan fingerprint density at radius 2 is 1.56 bits per heavy atom. The maximum atomic E-state index is 6.47. The summed E-state index contributed by atoms with van der Waals surface area (Å²) in [6.45, 7) is 5.47. The van der Waals surface area contributed by atoms with Crippen molar-refractivity contribution in [1.82, 2.24) is 4.90 Å². The molecule has 1 atom stereocenters. The Hall–Kier alpha value is -2.56. The van der Waals surface area contributed by atoms with Gasteiger partial charge in [0.05, 0.1) is 26.4 Å². The maximum Gasteiger partial charge on any atom is 0.127 e. The van der Waals surface area contributed by atoms with Crippen LogP contribution in [0.15, 0.2) is 48.5 Å². The summed E-state index contributed by atoms with van der Waals surface area (Å²) in [5.41, 5.74) is 8.79. The molecule has 0 aliphatic carbocycles. The maximum absolute atomic E-state index is 6.47. The zero-order valence-corrected chi connectivity index (χ0v) is 21.9. The van der Waals surface area contributed by atoms with Crippen LogP contribution in [0.25, 0.3) is 0 Å². The van der Waals surface area contributed by atoms with E-state index in [0.29, 0.717) is 25.7 Å². The molecule has 2 N–H and O–H groups in total. The van der Waals surface area contributed by atoms with Gasteiger partial charge in [-0.15, -0.1) is 0 Å². The van der Waals surface area contributed by atoms with Gasteiger partial charge in [-0.05, 0) is 62.4 Å². The number of hydrogen-bond donors (Lipinski definition) is 1. The number of hydrogen-bond acceptors (Lipinski definition) is 6. The largest absolute Gasteiger partial charge is 0.496 e. The van der Waals surface area contributed by atoms with Crippen molar-refractivity contribution in [2.24, 2.45) is 11.7 Å². The highest BCUT2D eigenvalue weighted by molar-refractivity contribution is 5.44. The Kier molecular flexibility index (Phi) is 12.6. The van der Waals surface area contributed by atoms with E-state index in [-0.39, 0.29) is 6.04 Å². The average Bonchev–Trinajstić information content (AvgIpc) is 2.92. The first-order valence-corrected chi connectivity index (χ1v) is 13.0. The van der Waals surface area contributed by atoms with E-state index in [1.807, 2.05) is 36.4 Å². The molecule has 196 valence electrons. The lowest BCUT2D eigenvalue weighted by Crippen LogP contribution is -2.40. The predicted octanol–water partition coefficient (Wildman–Crippen LogP) is 4.65. The zero-order valence-electron chi connectivity index (χ0n) is 21.9. The second kappa shape index (κ2) is 16.2. The van der Waals surface area contributed by atoms with Gasteiger partial charge >= 0.3 is 0 Å². The second-order valence-electron chi connectivity index (χ2n) is 9.27. The summed E-state index contributed by atoms with van der Waals surface area (Å²) in [5.74, 6) is 8.61. The first-order valence-electron chi connectivity index (χ1n) is 13.0. The molecule has 1 heterocycles. The Labute approximate surface area is 217 Å². The number of ether oxygens (including phenoxy) is 4. The molecule has 0 saturated carbocycles. The molecular weight excluding hydrogens is 452 g/mol. The molecule has 1 saturated heterocycles. The molecule has 1 aliphatic rings. The highest BCUT2D eigenvalue weighted by atomic mass is 16.5. The van der Waals surface area contributed by atoms with Crippen LogP contribution in [0.5, 0.6) is 11.5 Å². The summed E-state index contributed by atoms with van der Waals surface area (Å²) < 4.78 is 22.4. The molecule has 0 radical (unpaired) electrons. The van der Waals surface area contributed by atoms with Gasteiger partial charge in [-0.2, -0.15) is 0 Å². The van der Waals surface area contributed by atoms with Gasteiger partial charge in [-0.3, -0.25) is 4.90 Å². The van der Waals surface area contributed by atoms with Crippen LogP contribution in [-0.2, 0) is 22.6 Å². The van der Waals surface area contributed by atoms with Crippen molar-refractivity contribution in [3.8, 4) is 23.3 Å². The number of likely N-dealkylation sites (tertiary alicyclic amines) is 1. The summed E-state index contributed by atoms with van der Waals surface area (Å²) in [4.78, 5) is 2.45. The minimum atomic E-state index is 0.113. The van der Waals surface area contributed by atoms with Crippen LogP contribution >= 0.6 is 0 Å². The molecule has 0 amide bonds. The summed E-state index contributed by atoms with van der Waals surface area (Å²) in [7, 11) is 3.41. The van der Waals surface area contributed by atoms with Crippen molar-refractivity contribution in [3.05, 3.63) is 59.7 Å². The Balaban J connectivity index is 1.24. The lowest BCUT2D eigenvalue weighted by Gasteiger charge is -2.34. The number of methoxy groups -OCH3 is 2. The third-order valence-corrected chi connectivity index (χ3v) is 6.73. The average molecular weight is 495 g/mol. The Morgan fingerprint density at radius 3 is 2.22 bits per heavy atom. The Bertz CT molecular complexity index is 911. The van der Waals surface area contributed by atoms with Crippen LogP contribution < -0.4 is 15.2 Å². The van der Waals surface area contributed by atoms with Crippen molar-refractivity contribution >= 4 is 0 Å². The van der Waals surface area contributed by atoms with E-state index in [1.54, 1.807) is 14.2 Å². The summed E-state index contributed by atoms with van der Waals surface area (Å²) in [6.07, 6.45) is 4.87. The highest BCUT2D eigenvalue weighted by Gasteiger charge is 2.25.